The molecule has 0 atom stereocenters. The second kappa shape index (κ2) is 10.8. The third-order valence-electron chi connectivity index (χ3n) is 6.58. The van der Waals surface area contributed by atoms with Crippen LogP contribution >= 0.6 is 0 Å². The summed E-state index contributed by atoms with van der Waals surface area (Å²) in [5.74, 6) is 2.41. The predicted octanol–water partition coefficient (Wildman–Crippen LogP) is 5.64. The maximum Gasteiger partial charge on any atom is 0.225 e. The molecule has 0 aliphatic heterocycles. The highest BCUT2D eigenvalue weighted by molar-refractivity contribution is 5.90. The van der Waals surface area contributed by atoms with Gasteiger partial charge in [0.05, 0.1) is 16.7 Å². The zero-order chi connectivity index (χ0) is 22.6. The van der Waals surface area contributed by atoms with Crippen LogP contribution in [0, 0.1) is 5.92 Å². The minimum atomic E-state index is 0. The van der Waals surface area contributed by atoms with Gasteiger partial charge < -0.3 is 15.5 Å². The van der Waals surface area contributed by atoms with Crippen LogP contribution in [0.15, 0.2) is 60.7 Å². The molecule has 6 nitrogen and oxygen atoms in total. The van der Waals surface area contributed by atoms with E-state index in [1.165, 1.54) is 18.2 Å². The first kappa shape index (κ1) is 23.9. The molecule has 1 saturated carbocycles. The van der Waals surface area contributed by atoms with Gasteiger partial charge in [0.2, 0.25) is 5.95 Å². The lowest BCUT2D eigenvalue weighted by molar-refractivity contribution is 0.323. The molecule has 2 aromatic heterocycles. The lowest BCUT2D eigenvalue weighted by atomic mass is 9.86. The zero-order valence-electron chi connectivity index (χ0n) is 19.5. The van der Waals surface area contributed by atoms with Crippen molar-refractivity contribution < 1.29 is 0 Å². The zero-order valence-corrected chi connectivity index (χ0v) is 19.5. The Morgan fingerprint density at radius 2 is 1.56 bits per heavy atom. The molecule has 2 aromatic carbocycles. The average Bonchev–Trinajstić information content (AvgIpc) is 2.84. The van der Waals surface area contributed by atoms with E-state index in [1.807, 2.05) is 32.3 Å². The number of para-hydroxylation sites is 2. The van der Waals surface area contributed by atoms with E-state index in [0.717, 1.165) is 59.8 Å². The van der Waals surface area contributed by atoms with E-state index in [-0.39, 0.29) is 7.43 Å². The van der Waals surface area contributed by atoms with Crippen molar-refractivity contribution >= 4 is 33.6 Å². The molecule has 2 N–H and O–H groups in total. The third kappa shape index (κ3) is 5.45. The monoisotopic (exact) mass is 456 g/mol. The summed E-state index contributed by atoms with van der Waals surface area (Å²) < 4.78 is 0. The molecule has 4 aromatic rings. The van der Waals surface area contributed by atoms with E-state index in [0.29, 0.717) is 12.0 Å². The van der Waals surface area contributed by atoms with Crippen molar-refractivity contribution in [2.24, 2.45) is 5.92 Å². The van der Waals surface area contributed by atoms with Crippen molar-refractivity contribution in [1.29, 1.82) is 0 Å². The molecule has 0 spiro atoms. The Kier molecular flexibility index (Phi) is 7.58. The number of aromatic nitrogens is 3. The first-order valence-corrected chi connectivity index (χ1v) is 11.9. The predicted molar refractivity (Wildman–Crippen MR) is 143 cm³/mol. The molecular weight excluding hydrogens is 420 g/mol. The minimum absolute atomic E-state index is 0. The van der Waals surface area contributed by atoms with Crippen LogP contribution in [-0.2, 0) is 6.54 Å². The number of fused-ring (bicyclic) bond motifs is 2. The van der Waals surface area contributed by atoms with Gasteiger partial charge in [0.15, 0.2) is 0 Å². The average molecular weight is 457 g/mol. The molecule has 0 saturated heterocycles. The number of nitrogens with zero attached hydrogens (tertiary/aromatic N) is 4. The fourth-order valence-electron chi connectivity index (χ4n) is 4.77. The smallest absolute Gasteiger partial charge is 0.225 e. The number of benzene rings is 2. The molecule has 0 unspecified atom stereocenters. The molecule has 0 radical (unpaired) electrons. The van der Waals surface area contributed by atoms with Crippen LogP contribution in [0.3, 0.4) is 0 Å². The van der Waals surface area contributed by atoms with Crippen molar-refractivity contribution in [3.05, 3.63) is 66.4 Å². The second-order valence-corrected chi connectivity index (χ2v) is 9.27. The molecule has 5 rings (SSSR count). The summed E-state index contributed by atoms with van der Waals surface area (Å²) in [5.41, 5.74) is 3.16. The molecule has 1 fully saturated rings. The molecule has 0 bridgehead atoms. The van der Waals surface area contributed by atoms with Crippen LogP contribution in [-0.4, -0.2) is 41.6 Å². The lowest BCUT2D eigenvalue weighted by Crippen LogP contribution is -2.31. The highest BCUT2D eigenvalue weighted by atomic mass is 15.2. The van der Waals surface area contributed by atoms with Gasteiger partial charge >= 0.3 is 0 Å². The van der Waals surface area contributed by atoms with Crippen LogP contribution < -0.4 is 15.5 Å². The number of hydrogen-bond donors (Lipinski definition) is 2. The Labute approximate surface area is 202 Å². The summed E-state index contributed by atoms with van der Waals surface area (Å²) in [6.07, 6.45) is 4.72. The fourth-order valence-corrected chi connectivity index (χ4v) is 4.77. The lowest BCUT2D eigenvalue weighted by Gasteiger charge is -2.29. The van der Waals surface area contributed by atoms with Gasteiger partial charge in [-0.1, -0.05) is 43.8 Å². The number of rotatable bonds is 7. The normalized spacial score (nSPS) is 17.9. The summed E-state index contributed by atoms with van der Waals surface area (Å²) in [4.78, 5) is 16.4. The van der Waals surface area contributed by atoms with E-state index in [1.54, 1.807) is 0 Å². The number of nitrogens with one attached hydrogen (secondary N) is 2. The van der Waals surface area contributed by atoms with Gasteiger partial charge in [0.1, 0.15) is 5.82 Å². The van der Waals surface area contributed by atoms with Crippen LogP contribution in [0.2, 0.25) is 0 Å². The molecule has 6 heteroatoms. The number of pyridine rings is 1. The summed E-state index contributed by atoms with van der Waals surface area (Å²) in [7, 11) is 4.06. The Morgan fingerprint density at radius 3 is 2.35 bits per heavy atom. The number of anilines is 2. The topological polar surface area (TPSA) is 66.0 Å². The van der Waals surface area contributed by atoms with Gasteiger partial charge in [-0.15, -0.1) is 0 Å². The van der Waals surface area contributed by atoms with Gasteiger partial charge in [-0.2, -0.15) is 4.98 Å². The Bertz CT molecular complexity index is 1230. The summed E-state index contributed by atoms with van der Waals surface area (Å²) in [6, 6.07) is 21.2. The Morgan fingerprint density at radius 1 is 0.824 bits per heavy atom. The van der Waals surface area contributed by atoms with E-state index in [9.17, 15) is 0 Å². The highest BCUT2D eigenvalue weighted by Gasteiger charge is 2.22. The first-order chi connectivity index (χ1) is 16.2. The highest BCUT2D eigenvalue weighted by Crippen LogP contribution is 2.28. The summed E-state index contributed by atoms with van der Waals surface area (Å²) >= 11 is 0. The first-order valence-electron chi connectivity index (χ1n) is 11.9. The van der Waals surface area contributed by atoms with Crippen LogP contribution in [0.5, 0.6) is 0 Å². The molecule has 0 amide bonds. The second-order valence-electron chi connectivity index (χ2n) is 9.27. The van der Waals surface area contributed by atoms with Gasteiger partial charge in [0, 0.05) is 37.5 Å². The standard InChI is InChI=1S/C27H32N6.CH4/c1-33(2)26-23-8-4-6-10-25(23)31-27(32-26)30-21-14-11-19(12-15-21)17-28-18-22-16-13-20-7-3-5-9-24(20)29-22;/h3-10,13,16,19,21,28H,11-12,14-15,17-18H2,1-2H3,(H,30,31,32);1H4. The maximum atomic E-state index is 4.80. The van der Waals surface area contributed by atoms with Gasteiger partial charge in [-0.3, -0.25) is 4.98 Å². The van der Waals surface area contributed by atoms with Crippen molar-refractivity contribution in [2.75, 3.05) is 30.9 Å². The van der Waals surface area contributed by atoms with Crippen LogP contribution in [0.4, 0.5) is 11.8 Å². The van der Waals surface area contributed by atoms with E-state index >= 15 is 0 Å². The summed E-state index contributed by atoms with van der Waals surface area (Å²) in [6.45, 7) is 1.86. The Balaban J connectivity index is 0.00000274. The fraction of sp³-hybridized carbons (Fsp3) is 0.393. The van der Waals surface area contributed by atoms with E-state index in [2.05, 4.69) is 58.0 Å². The molecule has 1 aliphatic rings. The van der Waals surface area contributed by atoms with Gasteiger partial charge in [-0.05, 0) is 62.4 Å². The minimum Gasteiger partial charge on any atom is -0.362 e. The van der Waals surface area contributed by atoms with Gasteiger partial charge in [0.25, 0.3) is 0 Å². The van der Waals surface area contributed by atoms with E-state index < -0.39 is 0 Å². The number of hydrogen-bond acceptors (Lipinski definition) is 6. The molecule has 178 valence electrons. The molecule has 2 heterocycles. The molecule has 34 heavy (non-hydrogen) atoms. The largest absolute Gasteiger partial charge is 0.362 e. The van der Waals surface area contributed by atoms with Crippen LogP contribution in [0.25, 0.3) is 21.8 Å². The van der Waals surface area contributed by atoms with Crippen molar-refractivity contribution in [2.45, 2.75) is 45.7 Å². The Hall–Kier alpha value is -3.25. The quantitative estimate of drug-likeness (QED) is 0.375. The molecule has 1 aliphatic carbocycles. The van der Waals surface area contributed by atoms with E-state index in [4.69, 9.17) is 15.0 Å². The van der Waals surface area contributed by atoms with Crippen molar-refractivity contribution in [3.8, 4) is 0 Å². The maximum absolute atomic E-state index is 4.80. The molecular formula is C28H36N6. The SMILES string of the molecule is C.CN(C)c1nc(NC2CCC(CNCc3ccc4ccccc4n3)CC2)nc2ccccc12. The third-order valence-corrected chi connectivity index (χ3v) is 6.58. The van der Waals surface area contributed by atoms with Crippen molar-refractivity contribution in [1.82, 2.24) is 20.3 Å². The summed E-state index contributed by atoms with van der Waals surface area (Å²) in [5, 5.41) is 9.52. The van der Waals surface area contributed by atoms with Crippen molar-refractivity contribution in [3.63, 3.8) is 0 Å². The van der Waals surface area contributed by atoms with Crippen LogP contribution in [0.1, 0.15) is 38.8 Å². The van der Waals surface area contributed by atoms with Gasteiger partial charge in [-0.25, -0.2) is 4.98 Å².